The van der Waals surface area contributed by atoms with Crippen molar-refractivity contribution in [2.24, 2.45) is 5.92 Å². The van der Waals surface area contributed by atoms with E-state index in [0.717, 1.165) is 19.5 Å². The molecule has 1 aromatic carbocycles. The van der Waals surface area contributed by atoms with Crippen molar-refractivity contribution in [2.45, 2.75) is 58.8 Å². The lowest BCUT2D eigenvalue weighted by atomic mass is 9.94. The van der Waals surface area contributed by atoms with E-state index in [1.165, 1.54) is 30.4 Å². The van der Waals surface area contributed by atoms with Gasteiger partial charge in [-0.15, -0.1) is 0 Å². The maximum absolute atomic E-state index is 12.3. The Morgan fingerprint density at radius 3 is 2.52 bits per heavy atom. The normalized spacial score (nSPS) is 17.0. The molecule has 0 bridgehead atoms. The molecule has 21 heavy (non-hydrogen) atoms. The van der Waals surface area contributed by atoms with Gasteiger partial charge in [-0.2, -0.15) is 0 Å². The molecular weight excluding hydrogens is 258 g/mol. The molecular formula is C19H29NO. The van der Waals surface area contributed by atoms with E-state index in [1.54, 1.807) is 0 Å². The summed E-state index contributed by atoms with van der Waals surface area (Å²) in [5.74, 6) is 1.33. The van der Waals surface area contributed by atoms with Gasteiger partial charge in [-0.3, -0.25) is 4.79 Å². The summed E-state index contributed by atoms with van der Waals surface area (Å²) in [6.07, 6.45) is 5.32. The molecule has 1 amide bonds. The summed E-state index contributed by atoms with van der Waals surface area (Å²) >= 11 is 0. The minimum atomic E-state index is 0.349. The minimum Gasteiger partial charge on any atom is -0.343 e. The van der Waals surface area contributed by atoms with Crippen LogP contribution in [0.15, 0.2) is 24.3 Å². The maximum atomic E-state index is 12.3. The lowest BCUT2D eigenvalue weighted by Gasteiger charge is -2.27. The highest BCUT2D eigenvalue weighted by molar-refractivity contribution is 5.76. The van der Waals surface area contributed by atoms with Crippen LogP contribution in [0.2, 0.25) is 0 Å². The molecule has 0 radical (unpaired) electrons. The number of carbonyl (C=O) groups is 1. The van der Waals surface area contributed by atoms with Gasteiger partial charge in [0.2, 0.25) is 5.91 Å². The smallest absolute Gasteiger partial charge is 0.222 e. The predicted molar refractivity (Wildman–Crippen MR) is 88.4 cm³/mol. The summed E-state index contributed by atoms with van der Waals surface area (Å²) in [4.78, 5) is 14.4. The number of likely N-dealkylation sites (tertiary alicyclic amines) is 1. The van der Waals surface area contributed by atoms with Crippen LogP contribution >= 0.6 is 0 Å². The zero-order valence-corrected chi connectivity index (χ0v) is 13.8. The first-order chi connectivity index (χ1) is 10.1. The highest BCUT2D eigenvalue weighted by Gasteiger charge is 2.18. The third-order valence-corrected chi connectivity index (χ3v) is 4.43. The Labute approximate surface area is 129 Å². The SMILES string of the molecule is CC(CC(=O)N1CCCCC1)Cc1cccc(C(C)C)c1. The van der Waals surface area contributed by atoms with E-state index in [4.69, 9.17) is 0 Å². The van der Waals surface area contributed by atoms with Crippen LogP contribution in [-0.4, -0.2) is 23.9 Å². The first kappa shape index (κ1) is 16.1. The third-order valence-electron chi connectivity index (χ3n) is 4.43. The van der Waals surface area contributed by atoms with Gasteiger partial charge in [0.25, 0.3) is 0 Å². The molecule has 2 nitrogen and oxygen atoms in total. The first-order valence-electron chi connectivity index (χ1n) is 8.43. The predicted octanol–water partition coefficient (Wildman–Crippen LogP) is 4.39. The van der Waals surface area contributed by atoms with Crippen molar-refractivity contribution in [3.8, 4) is 0 Å². The molecule has 0 N–H and O–H groups in total. The second kappa shape index (κ2) is 7.63. The topological polar surface area (TPSA) is 20.3 Å². The molecule has 1 aliphatic rings. The number of hydrogen-bond donors (Lipinski definition) is 0. The van der Waals surface area contributed by atoms with Gasteiger partial charge in [0.05, 0.1) is 0 Å². The Hall–Kier alpha value is -1.31. The fourth-order valence-corrected chi connectivity index (χ4v) is 3.12. The third kappa shape index (κ3) is 4.87. The van der Waals surface area contributed by atoms with Crippen LogP contribution in [0.5, 0.6) is 0 Å². The highest BCUT2D eigenvalue weighted by Crippen LogP contribution is 2.20. The van der Waals surface area contributed by atoms with Crippen LogP contribution in [0.1, 0.15) is 63.5 Å². The van der Waals surface area contributed by atoms with E-state index < -0.39 is 0 Å². The number of benzene rings is 1. The number of hydrogen-bond acceptors (Lipinski definition) is 1. The second-order valence-electron chi connectivity index (χ2n) is 6.85. The van der Waals surface area contributed by atoms with Gasteiger partial charge in [0, 0.05) is 19.5 Å². The quantitative estimate of drug-likeness (QED) is 0.786. The Bertz CT molecular complexity index is 460. The van der Waals surface area contributed by atoms with Gasteiger partial charge < -0.3 is 4.90 Å². The summed E-state index contributed by atoms with van der Waals surface area (Å²) in [5.41, 5.74) is 2.75. The molecule has 1 aromatic rings. The van der Waals surface area contributed by atoms with Crippen molar-refractivity contribution >= 4 is 5.91 Å². The van der Waals surface area contributed by atoms with Crippen LogP contribution in [0.25, 0.3) is 0 Å². The Morgan fingerprint density at radius 2 is 1.86 bits per heavy atom. The zero-order valence-electron chi connectivity index (χ0n) is 13.8. The monoisotopic (exact) mass is 287 g/mol. The number of amides is 1. The average molecular weight is 287 g/mol. The standard InChI is InChI=1S/C19H29NO/c1-15(2)18-9-7-8-17(14-18)12-16(3)13-19(21)20-10-5-4-6-11-20/h7-9,14-16H,4-6,10-13H2,1-3H3. The van der Waals surface area contributed by atoms with Crippen molar-refractivity contribution in [1.82, 2.24) is 4.90 Å². The van der Waals surface area contributed by atoms with Gasteiger partial charge in [-0.25, -0.2) is 0 Å². The summed E-state index contributed by atoms with van der Waals surface area (Å²) in [6.45, 7) is 8.58. The van der Waals surface area contributed by atoms with Crippen molar-refractivity contribution in [3.63, 3.8) is 0 Å². The molecule has 1 atom stereocenters. The van der Waals surface area contributed by atoms with Gasteiger partial charge in [0.15, 0.2) is 0 Å². The summed E-state index contributed by atoms with van der Waals surface area (Å²) < 4.78 is 0. The van der Waals surface area contributed by atoms with Crippen molar-refractivity contribution < 1.29 is 4.79 Å². The van der Waals surface area contributed by atoms with Gasteiger partial charge in [0.1, 0.15) is 0 Å². The minimum absolute atomic E-state index is 0.349. The molecule has 0 aliphatic carbocycles. The van der Waals surface area contributed by atoms with E-state index in [0.29, 0.717) is 24.2 Å². The molecule has 116 valence electrons. The molecule has 0 saturated carbocycles. The Morgan fingerprint density at radius 1 is 1.14 bits per heavy atom. The summed E-state index contributed by atoms with van der Waals surface area (Å²) in [5, 5.41) is 0. The fourth-order valence-electron chi connectivity index (χ4n) is 3.12. The number of carbonyl (C=O) groups excluding carboxylic acids is 1. The van der Waals surface area contributed by atoms with E-state index in [-0.39, 0.29) is 0 Å². The van der Waals surface area contributed by atoms with Gasteiger partial charge in [-0.05, 0) is 48.6 Å². The van der Waals surface area contributed by atoms with Crippen LogP contribution < -0.4 is 0 Å². The van der Waals surface area contributed by atoms with E-state index in [2.05, 4.69) is 49.9 Å². The molecule has 1 fully saturated rings. The maximum Gasteiger partial charge on any atom is 0.222 e. The van der Waals surface area contributed by atoms with E-state index in [9.17, 15) is 4.79 Å². The largest absolute Gasteiger partial charge is 0.343 e. The van der Waals surface area contributed by atoms with Crippen LogP contribution in [0.4, 0.5) is 0 Å². The van der Waals surface area contributed by atoms with Crippen molar-refractivity contribution in [3.05, 3.63) is 35.4 Å². The first-order valence-corrected chi connectivity index (χ1v) is 8.43. The number of nitrogens with zero attached hydrogens (tertiary/aromatic N) is 1. The lowest BCUT2D eigenvalue weighted by Crippen LogP contribution is -2.36. The molecule has 1 aliphatic heterocycles. The van der Waals surface area contributed by atoms with Crippen molar-refractivity contribution in [2.75, 3.05) is 13.1 Å². The molecule has 1 saturated heterocycles. The Balaban J connectivity index is 1.87. The number of rotatable bonds is 5. The second-order valence-corrected chi connectivity index (χ2v) is 6.85. The number of piperidine rings is 1. The van der Waals surface area contributed by atoms with Crippen LogP contribution in [-0.2, 0) is 11.2 Å². The lowest BCUT2D eigenvalue weighted by molar-refractivity contribution is -0.132. The molecule has 2 rings (SSSR count). The molecule has 0 aromatic heterocycles. The fraction of sp³-hybridized carbons (Fsp3) is 0.632. The summed E-state index contributed by atoms with van der Waals surface area (Å²) in [7, 11) is 0. The van der Waals surface area contributed by atoms with Gasteiger partial charge >= 0.3 is 0 Å². The van der Waals surface area contributed by atoms with E-state index >= 15 is 0 Å². The molecule has 2 heteroatoms. The average Bonchev–Trinajstić information content (AvgIpc) is 2.48. The highest BCUT2D eigenvalue weighted by atomic mass is 16.2. The van der Waals surface area contributed by atoms with Crippen molar-refractivity contribution in [1.29, 1.82) is 0 Å². The summed E-state index contributed by atoms with van der Waals surface area (Å²) in [6, 6.07) is 8.82. The zero-order chi connectivity index (χ0) is 15.2. The van der Waals surface area contributed by atoms with Crippen LogP contribution in [0.3, 0.4) is 0 Å². The molecule has 0 spiro atoms. The molecule has 1 unspecified atom stereocenters. The van der Waals surface area contributed by atoms with E-state index in [1.807, 2.05) is 0 Å². The molecule has 1 heterocycles. The van der Waals surface area contributed by atoms with Crippen LogP contribution in [0, 0.1) is 5.92 Å². The Kier molecular flexibility index (Phi) is 5.84. The van der Waals surface area contributed by atoms with Gasteiger partial charge in [-0.1, -0.05) is 45.0 Å².